The van der Waals surface area contributed by atoms with E-state index in [2.05, 4.69) is 13.8 Å². The molecule has 0 unspecified atom stereocenters. The fourth-order valence-corrected chi connectivity index (χ4v) is 3.34. The molecule has 1 aromatic rings. The standard InChI is InChI=1S/C21H32N2O4/c1-16(2)14-21(25)23-11-5-10-22(12-13-23)20(24)9-7-17-6-8-18(26-3)19(15-17)27-4/h6,8,15-16H,5,7,9-14H2,1-4H3. The van der Waals surface area contributed by atoms with Crippen LogP contribution in [0.4, 0.5) is 0 Å². The molecule has 0 bridgehead atoms. The van der Waals surface area contributed by atoms with Crippen molar-refractivity contribution in [3.63, 3.8) is 0 Å². The van der Waals surface area contributed by atoms with Crippen LogP contribution in [0.1, 0.15) is 38.7 Å². The van der Waals surface area contributed by atoms with Crippen molar-refractivity contribution in [3.05, 3.63) is 23.8 Å². The van der Waals surface area contributed by atoms with Crippen LogP contribution >= 0.6 is 0 Å². The predicted octanol–water partition coefficient (Wildman–Crippen LogP) is 2.74. The van der Waals surface area contributed by atoms with Gasteiger partial charge in [-0.15, -0.1) is 0 Å². The summed E-state index contributed by atoms with van der Waals surface area (Å²) in [5.74, 6) is 2.07. The summed E-state index contributed by atoms with van der Waals surface area (Å²) in [7, 11) is 3.21. The lowest BCUT2D eigenvalue weighted by Crippen LogP contribution is -2.37. The van der Waals surface area contributed by atoms with Gasteiger partial charge in [0.2, 0.25) is 11.8 Å². The molecule has 1 aliphatic rings. The number of hydrogen-bond acceptors (Lipinski definition) is 4. The van der Waals surface area contributed by atoms with E-state index in [1.807, 2.05) is 28.0 Å². The Morgan fingerprint density at radius 1 is 0.963 bits per heavy atom. The van der Waals surface area contributed by atoms with Crippen LogP contribution < -0.4 is 9.47 Å². The summed E-state index contributed by atoms with van der Waals surface area (Å²) in [6.07, 6.45) is 2.53. The molecule has 0 aliphatic carbocycles. The van der Waals surface area contributed by atoms with Gasteiger partial charge in [-0.25, -0.2) is 0 Å². The number of benzene rings is 1. The highest BCUT2D eigenvalue weighted by atomic mass is 16.5. The van der Waals surface area contributed by atoms with E-state index in [0.717, 1.165) is 25.1 Å². The van der Waals surface area contributed by atoms with Crippen LogP contribution in [-0.2, 0) is 16.0 Å². The largest absolute Gasteiger partial charge is 0.493 e. The summed E-state index contributed by atoms with van der Waals surface area (Å²) in [5.41, 5.74) is 1.05. The first-order chi connectivity index (χ1) is 12.9. The van der Waals surface area contributed by atoms with Gasteiger partial charge >= 0.3 is 0 Å². The van der Waals surface area contributed by atoms with Crippen LogP contribution in [0.3, 0.4) is 0 Å². The van der Waals surface area contributed by atoms with E-state index < -0.39 is 0 Å². The van der Waals surface area contributed by atoms with Gasteiger partial charge in [0, 0.05) is 39.0 Å². The highest BCUT2D eigenvalue weighted by Crippen LogP contribution is 2.28. The number of ether oxygens (including phenoxy) is 2. The van der Waals surface area contributed by atoms with Gasteiger partial charge in [0.15, 0.2) is 11.5 Å². The molecule has 1 aliphatic heterocycles. The number of methoxy groups -OCH3 is 2. The van der Waals surface area contributed by atoms with E-state index in [9.17, 15) is 9.59 Å². The normalized spacial score (nSPS) is 14.9. The first-order valence-corrected chi connectivity index (χ1v) is 9.71. The molecular formula is C21H32N2O4. The first kappa shape index (κ1) is 21.1. The van der Waals surface area contributed by atoms with E-state index >= 15 is 0 Å². The molecule has 150 valence electrons. The minimum absolute atomic E-state index is 0.142. The predicted molar refractivity (Wildman–Crippen MR) is 105 cm³/mol. The second kappa shape index (κ2) is 10.2. The monoisotopic (exact) mass is 376 g/mol. The number of hydrogen-bond donors (Lipinski definition) is 0. The zero-order valence-electron chi connectivity index (χ0n) is 17.0. The molecule has 1 heterocycles. The summed E-state index contributed by atoms with van der Waals surface area (Å²) in [6, 6.07) is 5.74. The Hall–Kier alpha value is -2.24. The Morgan fingerprint density at radius 3 is 2.19 bits per heavy atom. The molecule has 27 heavy (non-hydrogen) atoms. The maximum atomic E-state index is 12.6. The number of rotatable bonds is 7. The van der Waals surface area contributed by atoms with Crippen LogP contribution in [0.15, 0.2) is 18.2 Å². The summed E-state index contributed by atoms with van der Waals surface area (Å²) in [4.78, 5) is 28.7. The van der Waals surface area contributed by atoms with Crippen LogP contribution in [0, 0.1) is 5.92 Å². The summed E-state index contributed by atoms with van der Waals surface area (Å²) in [5, 5.41) is 0. The lowest BCUT2D eigenvalue weighted by molar-refractivity contribution is -0.134. The van der Waals surface area contributed by atoms with Crippen LogP contribution in [0.2, 0.25) is 0 Å². The molecule has 1 fully saturated rings. The molecule has 2 rings (SSSR count). The van der Waals surface area contributed by atoms with Crippen molar-refractivity contribution in [2.24, 2.45) is 5.92 Å². The number of carbonyl (C=O) groups excluding carboxylic acids is 2. The van der Waals surface area contributed by atoms with Gasteiger partial charge in [-0.3, -0.25) is 9.59 Å². The number of aryl methyl sites for hydroxylation is 1. The fourth-order valence-electron chi connectivity index (χ4n) is 3.34. The van der Waals surface area contributed by atoms with Crippen LogP contribution in [-0.4, -0.2) is 62.0 Å². The molecule has 0 atom stereocenters. The van der Waals surface area contributed by atoms with Gasteiger partial charge in [-0.05, 0) is 36.5 Å². The van der Waals surface area contributed by atoms with Gasteiger partial charge in [-0.1, -0.05) is 19.9 Å². The Bertz CT molecular complexity index is 645. The third-order valence-corrected chi connectivity index (χ3v) is 4.86. The maximum absolute atomic E-state index is 12.6. The average molecular weight is 376 g/mol. The molecule has 0 spiro atoms. The van der Waals surface area contributed by atoms with Gasteiger partial charge < -0.3 is 19.3 Å². The third kappa shape index (κ3) is 6.15. The SMILES string of the molecule is COc1ccc(CCC(=O)N2CCCN(C(=O)CC(C)C)CC2)cc1OC. The van der Waals surface area contributed by atoms with Gasteiger partial charge in [0.25, 0.3) is 0 Å². The molecule has 0 aromatic heterocycles. The molecule has 0 saturated carbocycles. The third-order valence-electron chi connectivity index (χ3n) is 4.86. The fraction of sp³-hybridized carbons (Fsp3) is 0.619. The zero-order valence-corrected chi connectivity index (χ0v) is 17.0. The minimum atomic E-state index is 0.142. The number of carbonyl (C=O) groups is 2. The van der Waals surface area contributed by atoms with Gasteiger partial charge in [0.05, 0.1) is 14.2 Å². The topological polar surface area (TPSA) is 59.1 Å². The molecule has 2 amide bonds. The van der Waals surface area contributed by atoms with Crippen molar-refractivity contribution in [2.75, 3.05) is 40.4 Å². The van der Waals surface area contributed by atoms with Crippen molar-refractivity contribution >= 4 is 11.8 Å². The summed E-state index contributed by atoms with van der Waals surface area (Å²) >= 11 is 0. The second-order valence-electron chi connectivity index (χ2n) is 7.40. The molecule has 0 radical (unpaired) electrons. The molecule has 6 nitrogen and oxygen atoms in total. The van der Waals surface area contributed by atoms with Crippen LogP contribution in [0.5, 0.6) is 11.5 Å². The Balaban J connectivity index is 1.86. The molecule has 0 N–H and O–H groups in total. The highest BCUT2D eigenvalue weighted by molar-refractivity contribution is 5.78. The summed E-state index contributed by atoms with van der Waals surface area (Å²) in [6.45, 7) is 6.82. The zero-order chi connectivity index (χ0) is 19.8. The van der Waals surface area contributed by atoms with Crippen molar-refractivity contribution in [2.45, 2.75) is 39.5 Å². The van der Waals surface area contributed by atoms with E-state index in [1.54, 1.807) is 14.2 Å². The van der Waals surface area contributed by atoms with Crippen molar-refractivity contribution < 1.29 is 19.1 Å². The highest BCUT2D eigenvalue weighted by Gasteiger charge is 2.22. The van der Waals surface area contributed by atoms with Crippen molar-refractivity contribution in [3.8, 4) is 11.5 Å². The average Bonchev–Trinajstić information content (AvgIpc) is 2.91. The Kier molecular flexibility index (Phi) is 7.95. The van der Waals surface area contributed by atoms with E-state index in [-0.39, 0.29) is 11.8 Å². The molecule has 6 heteroatoms. The van der Waals surface area contributed by atoms with E-state index in [4.69, 9.17) is 9.47 Å². The first-order valence-electron chi connectivity index (χ1n) is 9.71. The molecular weight excluding hydrogens is 344 g/mol. The minimum Gasteiger partial charge on any atom is -0.493 e. The lowest BCUT2D eigenvalue weighted by atomic mass is 10.1. The molecule has 1 saturated heterocycles. The number of amides is 2. The maximum Gasteiger partial charge on any atom is 0.222 e. The van der Waals surface area contributed by atoms with Crippen LogP contribution in [0.25, 0.3) is 0 Å². The number of nitrogens with zero attached hydrogens (tertiary/aromatic N) is 2. The summed E-state index contributed by atoms with van der Waals surface area (Å²) < 4.78 is 10.6. The van der Waals surface area contributed by atoms with E-state index in [0.29, 0.717) is 49.8 Å². The molecule has 1 aromatic carbocycles. The quantitative estimate of drug-likeness (QED) is 0.734. The van der Waals surface area contributed by atoms with Crippen molar-refractivity contribution in [1.29, 1.82) is 0 Å². The van der Waals surface area contributed by atoms with Gasteiger partial charge in [-0.2, -0.15) is 0 Å². The second-order valence-corrected chi connectivity index (χ2v) is 7.40. The van der Waals surface area contributed by atoms with Crippen molar-refractivity contribution in [1.82, 2.24) is 9.80 Å². The van der Waals surface area contributed by atoms with Gasteiger partial charge in [0.1, 0.15) is 0 Å². The van der Waals surface area contributed by atoms with E-state index in [1.165, 1.54) is 0 Å². The smallest absolute Gasteiger partial charge is 0.222 e. The Labute approximate surface area is 162 Å². The lowest BCUT2D eigenvalue weighted by Gasteiger charge is -2.23. The Morgan fingerprint density at radius 2 is 1.59 bits per heavy atom.